The fourth-order valence-electron chi connectivity index (χ4n) is 1.38. The van der Waals surface area contributed by atoms with Crippen molar-refractivity contribution in [2.75, 3.05) is 6.54 Å². The summed E-state index contributed by atoms with van der Waals surface area (Å²) in [6.07, 6.45) is -0.674. The van der Waals surface area contributed by atoms with Gasteiger partial charge in [-0.1, -0.05) is 12.1 Å². The van der Waals surface area contributed by atoms with E-state index in [4.69, 9.17) is 15.0 Å². The van der Waals surface area contributed by atoms with Crippen LogP contribution in [0.15, 0.2) is 29.4 Å². The van der Waals surface area contributed by atoms with E-state index in [-0.39, 0.29) is 13.1 Å². The van der Waals surface area contributed by atoms with Crippen molar-refractivity contribution in [2.24, 2.45) is 5.11 Å². The molecule has 0 spiro atoms. The summed E-state index contributed by atoms with van der Waals surface area (Å²) in [5, 5.41) is 5.57. The van der Waals surface area contributed by atoms with Crippen LogP contribution in [0.25, 0.3) is 0 Å². The minimum atomic E-state index is -0.674. The molecule has 0 aliphatic rings. The minimum absolute atomic E-state index is 0.279. The molecular weight excluding hydrogens is 274 g/mol. The maximum absolute atomic E-state index is 11.6. The molecule has 0 aliphatic carbocycles. The normalized spacial score (nSPS) is 10.6. The highest BCUT2D eigenvalue weighted by Crippen LogP contribution is 2.13. The molecule has 1 aromatic carbocycles. The predicted molar refractivity (Wildman–Crippen MR) is 75.2 cm³/mol. The first kappa shape index (κ1) is 16.6. The lowest BCUT2D eigenvalue weighted by Crippen LogP contribution is -2.36. The van der Waals surface area contributed by atoms with Gasteiger partial charge in [0.05, 0.1) is 6.54 Å². The summed E-state index contributed by atoms with van der Waals surface area (Å²) in [4.78, 5) is 22.9. The number of nitrogens with zero attached hydrogens (tertiary/aromatic N) is 1. The molecule has 0 bridgehead atoms. The number of benzene rings is 1. The number of hydrogen-bond acceptors (Lipinski definition) is 6. The molecule has 1 amide bonds. The molecule has 114 valence electrons. The molecule has 0 aromatic heterocycles. The first-order valence-corrected chi connectivity index (χ1v) is 6.40. The Morgan fingerprint density at radius 1 is 1.24 bits per heavy atom. The van der Waals surface area contributed by atoms with E-state index in [1.54, 1.807) is 45.0 Å². The number of carbonyl (C=O) groups is 2. The van der Waals surface area contributed by atoms with Gasteiger partial charge in [-0.15, -0.1) is 0 Å². The largest absolute Gasteiger partial charge is 0.444 e. The number of amides is 1. The predicted octanol–water partition coefficient (Wildman–Crippen LogP) is 2.65. The molecule has 0 aliphatic heterocycles. The van der Waals surface area contributed by atoms with Crippen LogP contribution in [0.5, 0.6) is 5.75 Å². The zero-order chi connectivity index (χ0) is 15.9. The van der Waals surface area contributed by atoms with E-state index in [9.17, 15) is 9.59 Å². The molecule has 0 radical (unpaired) electrons. The fraction of sp³-hybridized carbons (Fsp3) is 0.429. The Balaban J connectivity index is 2.40. The van der Waals surface area contributed by atoms with Crippen LogP contribution in [0.4, 0.5) is 4.79 Å². The molecule has 21 heavy (non-hydrogen) atoms. The molecule has 7 heteroatoms. The quantitative estimate of drug-likeness (QED) is 0.495. The van der Waals surface area contributed by atoms with Gasteiger partial charge in [0.2, 0.25) is 0 Å². The van der Waals surface area contributed by atoms with Gasteiger partial charge < -0.3 is 14.8 Å². The summed E-state index contributed by atoms with van der Waals surface area (Å²) < 4.78 is 10.0. The second-order valence-electron chi connectivity index (χ2n) is 5.29. The second-order valence-corrected chi connectivity index (χ2v) is 5.29. The van der Waals surface area contributed by atoms with Crippen molar-refractivity contribution in [3.05, 3.63) is 29.8 Å². The van der Waals surface area contributed by atoms with Crippen molar-refractivity contribution in [2.45, 2.75) is 32.9 Å². The van der Waals surface area contributed by atoms with Gasteiger partial charge in [0.25, 0.3) is 0 Å². The number of nitrogens with one attached hydrogen (secondary N) is 2. The standard InChI is InChI=1S/C14H19N3O4/c1-14(2,3)21-13(19)16-9-12(18)20-11-6-4-10(5-7-11)8-17-15/h4-7,15H,8-9H2,1-3H3,(H,16,19). The van der Waals surface area contributed by atoms with Crippen LogP contribution in [-0.4, -0.2) is 24.2 Å². The summed E-state index contributed by atoms with van der Waals surface area (Å²) >= 11 is 0. The Kier molecular flexibility index (Phi) is 5.83. The van der Waals surface area contributed by atoms with Gasteiger partial charge in [0.1, 0.15) is 17.9 Å². The average Bonchev–Trinajstić information content (AvgIpc) is 2.37. The molecular formula is C14H19N3O4. The highest BCUT2D eigenvalue weighted by atomic mass is 16.6. The Bertz CT molecular complexity index is 506. The van der Waals surface area contributed by atoms with Crippen molar-refractivity contribution in [3.63, 3.8) is 0 Å². The molecule has 0 saturated carbocycles. The molecule has 0 atom stereocenters. The third-order valence-corrected chi connectivity index (χ3v) is 2.19. The molecule has 0 fully saturated rings. The van der Waals surface area contributed by atoms with Gasteiger partial charge in [0, 0.05) is 0 Å². The lowest BCUT2D eigenvalue weighted by molar-refractivity contribution is -0.133. The van der Waals surface area contributed by atoms with E-state index < -0.39 is 17.7 Å². The lowest BCUT2D eigenvalue weighted by Gasteiger charge is -2.19. The zero-order valence-corrected chi connectivity index (χ0v) is 12.3. The molecule has 0 unspecified atom stereocenters. The smallest absolute Gasteiger partial charge is 0.408 e. The lowest BCUT2D eigenvalue weighted by atomic mass is 10.2. The SMILES string of the molecule is CC(C)(C)OC(=O)NCC(=O)Oc1ccc(CN=N)cc1. The van der Waals surface area contributed by atoms with Crippen LogP contribution < -0.4 is 10.1 Å². The van der Waals surface area contributed by atoms with Crippen molar-refractivity contribution >= 4 is 12.1 Å². The Morgan fingerprint density at radius 2 is 1.86 bits per heavy atom. The monoisotopic (exact) mass is 293 g/mol. The van der Waals surface area contributed by atoms with Gasteiger partial charge in [-0.2, -0.15) is 5.11 Å². The molecule has 1 rings (SSSR count). The summed E-state index contributed by atoms with van der Waals surface area (Å²) in [6, 6.07) is 6.63. The third kappa shape index (κ3) is 7.05. The van der Waals surface area contributed by atoms with E-state index in [1.807, 2.05) is 0 Å². The van der Waals surface area contributed by atoms with Gasteiger partial charge in [-0.3, -0.25) is 0 Å². The first-order valence-electron chi connectivity index (χ1n) is 6.40. The molecule has 1 aromatic rings. The first-order chi connectivity index (χ1) is 9.80. The van der Waals surface area contributed by atoms with E-state index >= 15 is 0 Å². The number of carbonyl (C=O) groups excluding carboxylic acids is 2. The van der Waals surface area contributed by atoms with Crippen LogP contribution >= 0.6 is 0 Å². The summed E-state index contributed by atoms with van der Waals surface area (Å²) in [7, 11) is 0. The van der Waals surface area contributed by atoms with E-state index in [1.165, 1.54) is 0 Å². The Morgan fingerprint density at radius 3 is 2.38 bits per heavy atom. The van der Waals surface area contributed by atoms with Gasteiger partial charge in [-0.25, -0.2) is 15.1 Å². The fourth-order valence-corrected chi connectivity index (χ4v) is 1.38. The van der Waals surface area contributed by atoms with E-state index in [0.717, 1.165) is 5.56 Å². The number of esters is 1. The average molecular weight is 293 g/mol. The summed E-state index contributed by atoms with van der Waals surface area (Å²) in [5.41, 5.74) is 6.98. The van der Waals surface area contributed by atoms with Gasteiger partial charge in [-0.05, 0) is 38.5 Å². The molecule has 0 saturated heterocycles. The minimum Gasteiger partial charge on any atom is -0.444 e. The summed E-state index contributed by atoms with van der Waals surface area (Å²) in [6.45, 7) is 5.20. The molecule has 7 nitrogen and oxygen atoms in total. The van der Waals surface area contributed by atoms with Gasteiger partial charge >= 0.3 is 12.1 Å². The maximum Gasteiger partial charge on any atom is 0.408 e. The van der Waals surface area contributed by atoms with Crippen LogP contribution in [0.3, 0.4) is 0 Å². The van der Waals surface area contributed by atoms with Crippen LogP contribution in [0.1, 0.15) is 26.3 Å². The van der Waals surface area contributed by atoms with Crippen molar-refractivity contribution in [3.8, 4) is 5.75 Å². The van der Waals surface area contributed by atoms with Crippen LogP contribution in [0.2, 0.25) is 0 Å². The summed E-state index contributed by atoms with van der Waals surface area (Å²) in [5.74, 6) is -0.237. The topological polar surface area (TPSA) is 101 Å². The molecule has 0 heterocycles. The second kappa shape index (κ2) is 7.37. The van der Waals surface area contributed by atoms with Crippen molar-refractivity contribution < 1.29 is 19.1 Å². The Hall–Kier alpha value is -2.44. The number of ether oxygens (including phenoxy) is 2. The van der Waals surface area contributed by atoms with Crippen LogP contribution in [0, 0.1) is 5.53 Å². The number of alkyl carbamates (subject to hydrolysis) is 1. The number of rotatable bonds is 5. The maximum atomic E-state index is 11.6. The highest BCUT2D eigenvalue weighted by Gasteiger charge is 2.17. The van der Waals surface area contributed by atoms with Crippen molar-refractivity contribution in [1.82, 2.24) is 5.32 Å². The third-order valence-electron chi connectivity index (χ3n) is 2.19. The van der Waals surface area contributed by atoms with Gasteiger partial charge in [0.15, 0.2) is 0 Å². The highest BCUT2D eigenvalue weighted by molar-refractivity contribution is 5.79. The Labute approximate surface area is 123 Å². The van der Waals surface area contributed by atoms with Crippen molar-refractivity contribution in [1.29, 1.82) is 5.53 Å². The molecule has 2 N–H and O–H groups in total. The van der Waals surface area contributed by atoms with E-state index in [0.29, 0.717) is 5.75 Å². The zero-order valence-electron chi connectivity index (χ0n) is 12.3. The van der Waals surface area contributed by atoms with Crippen LogP contribution in [-0.2, 0) is 16.1 Å². The number of hydrogen-bond donors (Lipinski definition) is 2. The van der Waals surface area contributed by atoms with E-state index in [2.05, 4.69) is 10.4 Å².